The van der Waals surface area contributed by atoms with Crippen molar-refractivity contribution < 1.29 is 0 Å². The van der Waals surface area contributed by atoms with Gasteiger partial charge < -0.3 is 5.32 Å². The maximum atomic E-state index is 3.63. The lowest BCUT2D eigenvalue weighted by molar-refractivity contribution is 0.205. The topological polar surface area (TPSA) is 15.3 Å². The van der Waals surface area contributed by atoms with E-state index in [-0.39, 0.29) is 0 Å². The Labute approximate surface area is 102 Å². The number of nitrogens with one attached hydrogen (secondary N) is 1. The van der Waals surface area contributed by atoms with Gasteiger partial charge >= 0.3 is 0 Å². The van der Waals surface area contributed by atoms with Crippen LogP contribution in [0.25, 0.3) is 0 Å². The van der Waals surface area contributed by atoms with Crippen LogP contribution in [0.3, 0.4) is 0 Å². The molecule has 0 heterocycles. The van der Waals surface area contributed by atoms with Crippen molar-refractivity contribution in [1.29, 1.82) is 0 Å². The summed E-state index contributed by atoms with van der Waals surface area (Å²) in [6.45, 7) is 12.8. The molecule has 2 heteroatoms. The van der Waals surface area contributed by atoms with Gasteiger partial charge in [0, 0.05) is 25.2 Å². The van der Waals surface area contributed by atoms with Gasteiger partial charge in [-0.15, -0.1) is 0 Å². The molecule has 0 aromatic rings. The normalized spacial score (nSPS) is 18.4. The maximum absolute atomic E-state index is 3.63. The smallest absolute Gasteiger partial charge is 0.0194 e. The third kappa shape index (κ3) is 5.31. The van der Waals surface area contributed by atoms with E-state index >= 15 is 0 Å². The molecule has 96 valence electrons. The predicted octanol–water partition coefficient (Wildman–Crippen LogP) is 2.89. The molecule has 0 radical (unpaired) electrons. The molecule has 1 atom stereocenters. The zero-order valence-electron chi connectivity index (χ0n) is 11.6. The van der Waals surface area contributed by atoms with Crippen LogP contribution in [0.1, 0.15) is 53.4 Å². The standard InChI is InChI=1S/C14H30N2/c1-5-7-13(15-6-2)11-16(10-12(3)4)14-8-9-14/h12-15H,5-11H2,1-4H3. The first kappa shape index (κ1) is 14.0. The van der Waals surface area contributed by atoms with Crippen molar-refractivity contribution in [3.63, 3.8) is 0 Å². The molecule has 2 nitrogen and oxygen atoms in total. The summed E-state index contributed by atoms with van der Waals surface area (Å²) >= 11 is 0. The molecule has 1 saturated carbocycles. The van der Waals surface area contributed by atoms with Crippen molar-refractivity contribution in [1.82, 2.24) is 10.2 Å². The number of hydrogen-bond donors (Lipinski definition) is 1. The van der Waals surface area contributed by atoms with Gasteiger partial charge in [0.25, 0.3) is 0 Å². The van der Waals surface area contributed by atoms with Crippen molar-refractivity contribution in [3.8, 4) is 0 Å². The molecule has 0 saturated heterocycles. The van der Waals surface area contributed by atoms with Crippen LogP contribution >= 0.6 is 0 Å². The number of nitrogens with zero attached hydrogens (tertiary/aromatic N) is 1. The molecule has 1 aliphatic rings. The van der Waals surface area contributed by atoms with Crippen LogP contribution in [0.5, 0.6) is 0 Å². The molecule has 0 bridgehead atoms. The molecule has 0 aromatic carbocycles. The third-order valence-electron chi connectivity index (χ3n) is 3.25. The van der Waals surface area contributed by atoms with Crippen LogP contribution in [0.4, 0.5) is 0 Å². The highest BCUT2D eigenvalue weighted by Gasteiger charge is 2.30. The molecule has 16 heavy (non-hydrogen) atoms. The van der Waals surface area contributed by atoms with Crippen molar-refractivity contribution in [2.24, 2.45) is 5.92 Å². The Morgan fingerprint density at radius 2 is 1.88 bits per heavy atom. The van der Waals surface area contributed by atoms with E-state index in [0.717, 1.165) is 18.5 Å². The minimum absolute atomic E-state index is 0.703. The Morgan fingerprint density at radius 1 is 1.19 bits per heavy atom. The summed E-state index contributed by atoms with van der Waals surface area (Å²) in [5.41, 5.74) is 0. The van der Waals surface area contributed by atoms with E-state index in [0.29, 0.717) is 6.04 Å². The van der Waals surface area contributed by atoms with Crippen molar-refractivity contribution in [2.75, 3.05) is 19.6 Å². The lowest BCUT2D eigenvalue weighted by atomic mass is 10.1. The van der Waals surface area contributed by atoms with Gasteiger partial charge in [-0.25, -0.2) is 0 Å². The van der Waals surface area contributed by atoms with Gasteiger partial charge in [-0.05, 0) is 31.7 Å². The van der Waals surface area contributed by atoms with Crippen LogP contribution in [-0.2, 0) is 0 Å². The van der Waals surface area contributed by atoms with Gasteiger partial charge in [-0.2, -0.15) is 0 Å². The summed E-state index contributed by atoms with van der Waals surface area (Å²) in [7, 11) is 0. The van der Waals surface area contributed by atoms with Crippen LogP contribution in [0.15, 0.2) is 0 Å². The lowest BCUT2D eigenvalue weighted by Crippen LogP contribution is -2.43. The highest BCUT2D eigenvalue weighted by Crippen LogP contribution is 2.27. The number of hydrogen-bond acceptors (Lipinski definition) is 2. The maximum Gasteiger partial charge on any atom is 0.0194 e. The Bertz CT molecular complexity index is 170. The van der Waals surface area contributed by atoms with Crippen LogP contribution in [0.2, 0.25) is 0 Å². The van der Waals surface area contributed by atoms with Gasteiger partial charge in [-0.3, -0.25) is 4.90 Å². The second-order valence-corrected chi connectivity index (χ2v) is 5.62. The Morgan fingerprint density at radius 3 is 2.31 bits per heavy atom. The van der Waals surface area contributed by atoms with E-state index in [9.17, 15) is 0 Å². The van der Waals surface area contributed by atoms with Gasteiger partial charge in [0.15, 0.2) is 0 Å². The van der Waals surface area contributed by atoms with E-state index in [2.05, 4.69) is 37.9 Å². The van der Waals surface area contributed by atoms with E-state index in [1.165, 1.54) is 38.8 Å². The largest absolute Gasteiger partial charge is 0.313 e. The van der Waals surface area contributed by atoms with Gasteiger partial charge in [0.1, 0.15) is 0 Å². The van der Waals surface area contributed by atoms with Crippen LogP contribution in [0, 0.1) is 5.92 Å². The molecule has 1 rings (SSSR count). The number of rotatable bonds is 9. The highest BCUT2D eigenvalue weighted by molar-refractivity contribution is 4.87. The quantitative estimate of drug-likeness (QED) is 0.650. The average molecular weight is 226 g/mol. The first-order valence-corrected chi connectivity index (χ1v) is 7.14. The fraction of sp³-hybridized carbons (Fsp3) is 1.00. The summed E-state index contributed by atoms with van der Waals surface area (Å²) < 4.78 is 0. The zero-order chi connectivity index (χ0) is 12.0. The monoisotopic (exact) mass is 226 g/mol. The second-order valence-electron chi connectivity index (χ2n) is 5.62. The van der Waals surface area contributed by atoms with Gasteiger partial charge in [0.2, 0.25) is 0 Å². The first-order valence-electron chi connectivity index (χ1n) is 7.14. The molecule has 1 unspecified atom stereocenters. The van der Waals surface area contributed by atoms with Crippen LogP contribution in [-0.4, -0.2) is 36.6 Å². The molecule has 1 N–H and O–H groups in total. The van der Waals surface area contributed by atoms with E-state index in [1.54, 1.807) is 0 Å². The minimum atomic E-state index is 0.703. The van der Waals surface area contributed by atoms with E-state index in [1.807, 2.05) is 0 Å². The van der Waals surface area contributed by atoms with Crippen molar-refractivity contribution in [3.05, 3.63) is 0 Å². The average Bonchev–Trinajstić information content (AvgIpc) is 2.99. The zero-order valence-corrected chi connectivity index (χ0v) is 11.6. The summed E-state index contributed by atoms with van der Waals surface area (Å²) in [5, 5.41) is 3.63. The molecular weight excluding hydrogens is 196 g/mol. The Balaban J connectivity index is 2.37. The minimum Gasteiger partial charge on any atom is -0.313 e. The SMILES string of the molecule is CCCC(CN(CC(C)C)C1CC1)NCC. The van der Waals surface area contributed by atoms with Crippen LogP contribution < -0.4 is 5.32 Å². The van der Waals surface area contributed by atoms with Crippen molar-refractivity contribution in [2.45, 2.75) is 65.5 Å². The summed E-state index contributed by atoms with van der Waals surface area (Å²) in [4.78, 5) is 2.72. The molecule has 0 aromatic heterocycles. The molecule has 1 fully saturated rings. The number of likely N-dealkylation sites (N-methyl/N-ethyl adjacent to an activating group) is 1. The third-order valence-corrected chi connectivity index (χ3v) is 3.25. The van der Waals surface area contributed by atoms with E-state index in [4.69, 9.17) is 0 Å². The van der Waals surface area contributed by atoms with Gasteiger partial charge in [-0.1, -0.05) is 34.1 Å². The molecule has 0 amide bonds. The van der Waals surface area contributed by atoms with E-state index < -0.39 is 0 Å². The molecular formula is C14H30N2. The second kappa shape index (κ2) is 7.29. The highest BCUT2D eigenvalue weighted by atomic mass is 15.2. The fourth-order valence-electron chi connectivity index (χ4n) is 2.46. The summed E-state index contributed by atoms with van der Waals surface area (Å²) in [6.07, 6.45) is 5.46. The predicted molar refractivity (Wildman–Crippen MR) is 71.8 cm³/mol. The fourth-order valence-corrected chi connectivity index (χ4v) is 2.46. The first-order chi connectivity index (χ1) is 7.67. The molecule has 1 aliphatic carbocycles. The summed E-state index contributed by atoms with van der Waals surface area (Å²) in [6, 6.07) is 1.61. The molecule has 0 spiro atoms. The Kier molecular flexibility index (Phi) is 6.37. The lowest BCUT2D eigenvalue weighted by Gasteiger charge is -2.29. The van der Waals surface area contributed by atoms with Crippen molar-refractivity contribution >= 4 is 0 Å². The van der Waals surface area contributed by atoms with Gasteiger partial charge in [0.05, 0.1) is 0 Å². The molecule has 0 aliphatic heterocycles. The summed E-state index contributed by atoms with van der Waals surface area (Å²) in [5.74, 6) is 0.796. The Hall–Kier alpha value is -0.0800.